The number of allylic oxidation sites excluding steroid dienone is 1. The number of ether oxygens (including phenoxy) is 1. The van der Waals surface area contributed by atoms with Gasteiger partial charge in [-0.2, -0.15) is 0 Å². The Labute approximate surface area is 150 Å². The summed E-state index contributed by atoms with van der Waals surface area (Å²) in [7, 11) is 0. The maximum Gasteiger partial charge on any atom is 0.257 e. The fourth-order valence-electron chi connectivity index (χ4n) is 3.08. The molecule has 1 amide bonds. The minimum absolute atomic E-state index is 0.122. The molecule has 3 aromatic rings. The zero-order valence-corrected chi connectivity index (χ0v) is 14.6. The molecule has 0 radical (unpaired) electrons. The fourth-order valence-corrected chi connectivity index (χ4v) is 3.08. The van der Waals surface area contributed by atoms with Crippen LogP contribution in [-0.4, -0.2) is 10.5 Å². The van der Waals surface area contributed by atoms with Gasteiger partial charge in [0.25, 0.3) is 5.91 Å². The van der Waals surface area contributed by atoms with Gasteiger partial charge in [0, 0.05) is 12.7 Å². The van der Waals surface area contributed by atoms with E-state index in [1.807, 2.05) is 42.7 Å². The summed E-state index contributed by atoms with van der Waals surface area (Å²) in [6.45, 7) is 4.25. The highest BCUT2D eigenvalue weighted by Crippen LogP contribution is 2.30. The van der Waals surface area contributed by atoms with Gasteiger partial charge in [0.05, 0.1) is 16.6 Å². The molecule has 0 spiro atoms. The van der Waals surface area contributed by atoms with E-state index < -0.39 is 0 Å². The zero-order valence-electron chi connectivity index (χ0n) is 14.6. The summed E-state index contributed by atoms with van der Waals surface area (Å²) < 4.78 is 7.39. The third-order valence-electron chi connectivity index (χ3n) is 4.54. The average molecular weight is 346 g/mol. The van der Waals surface area contributed by atoms with Crippen molar-refractivity contribution in [2.45, 2.75) is 20.4 Å². The number of aryl methyl sites for hydroxylation is 1. The van der Waals surface area contributed by atoms with E-state index in [1.165, 1.54) is 0 Å². The molecule has 1 N–H and O–H groups in total. The highest BCUT2D eigenvalue weighted by molar-refractivity contribution is 5.99. The van der Waals surface area contributed by atoms with Crippen molar-refractivity contribution in [3.8, 4) is 5.75 Å². The van der Waals surface area contributed by atoms with E-state index in [4.69, 9.17) is 4.74 Å². The number of carbonyl (C=O) groups excluding carboxylic acids is 1. The highest BCUT2D eigenvalue weighted by Gasteiger charge is 2.20. The summed E-state index contributed by atoms with van der Waals surface area (Å²) in [5.74, 6) is 0.225. The van der Waals surface area contributed by atoms with Gasteiger partial charge in [-0.1, -0.05) is 35.9 Å². The third kappa shape index (κ3) is 2.67. The molecule has 0 saturated carbocycles. The second kappa shape index (κ2) is 6.19. The Kier molecular flexibility index (Phi) is 3.84. The quantitative estimate of drug-likeness (QED) is 0.790. The first-order valence-corrected chi connectivity index (χ1v) is 8.40. The number of benzene rings is 2. The van der Waals surface area contributed by atoms with Gasteiger partial charge in [-0.05, 0) is 31.5 Å². The topological polar surface area (TPSA) is 60.3 Å². The Morgan fingerprint density at radius 1 is 1.12 bits per heavy atom. The maximum atomic E-state index is 12.8. The standard InChI is InChI=1S/C21H18N2O3/c1-13-6-8-15(9-7-13)10-22-21(25)17-11-23-14(2)12-26-18-5-3-4-16(19(18)23)20(17)24/h3-9,11-12H,10H2,1-2H3,(H,22,25). The molecule has 4 rings (SSSR count). The summed E-state index contributed by atoms with van der Waals surface area (Å²) in [5.41, 5.74) is 3.47. The largest absolute Gasteiger partial charge is 0.461 e. The first-order valence-electron chi connectivity index (χ1n) is 8.40. The van der Waals surface area contributed by atoms with Crippen LogP contribution in [0.4, 0.5) is 0 Å². The first kappa shape index (κ1) is 16.1. The first-order chi connectivity index (χ1) is 12.5. The van der Waals surface area contributed by atoms with E-state index in [1.54, 1.807) is 30.7 Å². The fraction of sp³-hybridized carbons (Fsp3) is 0.143. The minimum atomic E-state index is -0.383. The van der Waals surface area contributed by atoms with Crippen molar-refractivity contribution in [3.05, 3.63) is 81.8 Å². The summed E-state index contributed by atoms with van der Waals surface area (Å²) in [4.78, 5) is 25.5. The lowest BCUT2D eigenvalue weighted by molar-refractivity contribution is 0.0949. The van der Waals surface area contributed by atoms with Crippen LogP contribution in [0.5, 0.6) is 5.75 Å². The molecule has 0 bridgehead atoms. The summed E-state index contributed by atoms with van der Waals surface area (Å²) in [6.07, 6.45) is 3.20. The molecule has 1 aliphatic heterocycles. The Morgan fingerprint density at radius 3 is 2.65 bits per heavy atom. The molecule has 0 atom stereocenters. The van der Waals surface area contributed by atoms with E-state index in [-0.39, 0.29) is 16.9 Å². The van der Waals surface area contributed by atoms with Gasteiger partial charge in [-0.15, -0.1) is 0 Å². The van der Waals surface area contributed by atoms with Gasteiger partial charge >= 0.3 is 0 Å². The molecule has 0 fully saturated rings. The SMILES string of the molecule is CC1=COc2cccc3c(=O)c(C(=O)NCc4ccc(C)cc4)cn1c23. The number of hydrogen-bond acceptors (Lipinski definition) is 3. The zero-order chi connectivity index (χ0) is 18.3. The molecule has 26 heavy (non-hydrogen) atoms. The second-order valence-corrected chi connectivity index (χ2v) is 6.44. The molecule has 130 valence electrons. The van der Waals surface area contributed by atoms with Gasteiger partial charge < -0.3 is 14.6 Å². The Hall–Kier alpha value is -3.34. The number of nitrogens with one attached hydrogen (secondary N) is 1. The number of aromatic nitrogens is 1. The predicted molar refractivity (Wildman–Crippen MR) is 101 cm³/mol. The lowest BCUT2D eigenvalue weighted by Crippen LogP contribution is -2.29. The number of para-hydroxylation sites is 1. The summed E-state index contributed by atoms with van der Waals surface area (Å²) in [5, 5.41) is 3.31. The number of nitrogens with zero attached hydrogens (tertiary/aromatic N) is 1. The maximum absolute atomic E-state index is 12.8. The summed E-state index contributed by atoms with van der Waals surface area (Å²) in [6, 6.07) is 13.2. The van der Waals surface area contributed by atoms with Crippen LogP contribution in [0.2, 0.25) is 0 Å². The molecule has 0 saturated heterocycles. The van der Waals surface area contributed by atoms with Crippen molar-refractivity contribution in [2.75, 3.05) is 0 Å². The number of amides is 1. The van der Waals surface area contributed by atoms with Crippen LogP contribution < -0.4 is 15.5 Å². The average Bonchev–Trinajstić information content (AvgIpc) is 2.65. The molecule has 2 heterocycles. The Morgan fingerprint density at radius 2 is 1.88 bits per heavy atom. The molecule has 1 aliphatic rings. The van der Waals surface area contributed by atoms with Crippen molar-refractivity contribution in [2.24, 2.45) is 0 Å². The van der Waals surface area contributed by atoms with Crippen LogP contribution in [0.25, 0.3) is 16.6 Å². The molecular weight excluding hydrogens is 328 g/mol. The lowest BCUT2D eigenvalue weighted by Gasteiger charge is -2.20. The van der Waals surface area contributed by atoms with Gasteiger partial charge in [0.2, 0.25) is 5.43 Å². The normalized spacial score (nSPS) is 12.5. The summed E-state index contributed by atoms with van der Waals surface area (Å²) >= 11 is 0. The molecule has 5 nitrogen and oxygen atoms in total. The van der Waals surface area contributed by atoms with Gasteiger partial charge in [0.1, 0.15) is 11.8 Å². The second-order valence-electron chi connectivity index (χ2n) is 6.44. The number of hydrogen-bond donors (Lipinski definition) is 1. The van der Waals surface area contributed by atoms with Crippen molar-refractivity contribution in [1.82, 2.24) is 9.88 Å². The van der Waals surface area contributed by atoms with Crippen LogP contribution in [0.15, 0.2) is 59.7 Å². The van der Waals surface area contributed by atoms with Crippen molar-refractivity contribution in [1.29, 1.82) is 0 Å². The van der Waals surface area contributed by atoms with Crippen LogP contribution in [0, 0.1) is 6.92 Å². The van der Waals surface area contributed by atoms with Crippen molar-refractivity contribution < 1.29 is 9.53 Å². The lowest BCUT2D eigenvalue weighted by atomic mass is 10.1. The van der Waals surface area contributed by atoms with E-state index in [0.717, 1.165) is 16.8 Å². The van der Waals surface area contributed by atoms with Gasteiger partial charge in [0.15, 0.2) is 5.75 Å². The Balaban J connectivity index is 1.72. The van der Waals surface area contributed by atoms with Crippen LogP contribution in [-0.2, 0) is 6.54 Å². The van der Waals surface area contributed by atoms with Crippen molar-refractivity contribution in [3.63, 3.8) is 0 Å². The minimum Gasteiger partial charge on any atom is -0.461 e. The molecule has 1 aromatic heterocycles. The van der Waals surface area contributed by atoms with Crippen LogP contribution in [0.1, 0.15) is 28.4 Å². The third-order valence-corrected chi connectivity index (χ3v) is 4.54. The molecule has 2 aromatic carbocycles. The van der Waals surface area contributed by atoms with Crippen LogP contribution >= 0.6 is 0 Å². The smallest absolute Gasteiger partial charge is 0.257 e. The number of rotatable bonds is 3. The van der Waals surface area contributed by atoms with E-state index in [0.29, 0.717) is 23.2 Å². The number of carbonyl (C=O) groups is 1. The van der Waals surface area contributed by atoms with E-state index in [9.17, 15) is 9.59 Å². The molecule has 0 unspecified atom stereocenters. The predicted octanol–water partition coefficient (Wildman–Crippen LogP) is 3.45. The molecular formula is C21H18N2O3. The van der Waals surface area contributed by atoms with Crippen LogP contribution in [0.3, 0.4) is 0 Å². The van der Waals surface area contributed by atoms with E-state index in [2.05, 4.69) is 5.32 Å². The van der Waals surface area contributed by atoms with Gasteiger partial charge in [-0.25, -0.2) is 0 Å². The van der Waals surface area contributed by atoms with Gasteiger partial charge in [-0.3, -0.25) is 9.59 Å². The highest BCUT2D eigenvalue weighted by atomic mass is 16.5. The van der Waals surface area contributed by atoms with E-state index >= 15 is 0 Å². The van der Waals surface area contributed by atoms with Crippen molar-refractivity contribution >= 4 is 22.5 Å². The molecule has 5 heteroatoms. The molecule has 0 aliphatic carbocycles. The monoisotopic (exact) mass is 346 g/mol. The Bertz CT molecular complexity index is 1110. The number of pyridine rings is 1.